The Balaban J connectivity index is 0.00000364. The van der Waals surface area contributed by atoms with Crippen molar-refractivity contribution in [2.75, 3.05) is 39.0 Å². The highest BCUT2D eigenvalue weighted by Gasteiger charge is 2.28. The van der Waals surface area contributed by atoms with Gasteiger partial charge < -0.3 is 15.0 Å². The van der Waals surface area contributed by atoms with Crippen LogP contribution in [0.25, 0.3) is 0 Å². The molecule has 0 bridgehead atoms. The molecule has 2 N–H and O–H groups in total. The van der Waals surface area contributed by atoms with Crippen LogP contribution in [0.4, 0.5) is 4.39 Å². The highest BCUT2D eigenvalue weighted by Crippen LogP contribution is 2.25. The van der Waals surface area contributed by atoms with E-state index in [2.05, 4.69) is 19.9 Å². The molecule has 0 aromatic heterocycles. The van der Waals surface area contributed by atoms with Crippen molar-refractivity contribution >= 4 is 40.0 Å². The summed E-state index contributed by atoms with van der Waals surface area (Å²) in [6.07, 6.45) is -0.201. The maximum atomic E-state index is 13.1. The molecule has 1 aromatic rings. The summed E-state index contributed by atoms with van der Waals surface area (Å²) in [7, 11) is -1.51. The molecule has 2 atom stereocenters. The molecule has 0 radical (unpaired) electrons. The minimum Gasteiger partial charge on any atom is -0.367 e. The lowest BCUT2D eigenvalue weighted by atomic mass is 10.1. The van der Waals surface area contributed by atoms with Gasteiger partial charge in [0, 0.05) is 26.7 Å². The Morgan fingerprint density at radius 1 is 1.30 bits per heavy atom. The molecule has 1 saturated heterocycles. The van der Waals surface area contributed by atoms with Gasteiger partial charge in [-0.1, -0.05) is 12.1 Å². The van der Waals surface area contributed by atoms with E-state index in [0.717, 1.165) is 5.56 Å². The second-order valence-corrected chi connectivity index (χ2v) is 8.26. The Kier molecular flexibility index (Phi) is 9.91. The lowest BCUT2D eigenvalue weighted by Crippen LogP contribution is -2.51. The fourth-order valence-electron chi connectivity index (χ4n) is 2.80. The summed E-state index contributed by atoms with van der Waals surface area (Å²) in [5, 5.41) is 3.17. The van der Waals surface area contributed by atoms with Crippen molar-refractivity contribution in [3.63, 3.8) is 0 Å². The van der Waals surface area contributed by atoms with E-state index in [-0.39, 0.29) is 54.3 Å². The average Bonchev–Trinajstić information content (AvgIpc) is 2.62. The van der Waals surface area contributed by atoms with Gasteiger partial charge >= 0.3 is 0 Å². The van der Waals surface area contributed by atoms with Crippen molar-refractivity contribution in [3.05, 3.63) is 35.6 Å². The molecule has 2 rings (SSSR count). The molecule has 1 fully saturated rings. The van der Waals surface area contributed by atoms with Crippen molar-refractivity contribution in [3.8, 4) is 0 Å². The van der Waals surface area contributed by atoms with Crippen LogP contribution in [0, 0.1) is 5.82 Å². The molecule has 154 valence electrons. The second kappa shape index (κ2) is 11.1. The van der Waals surface area contributed by atoms with Crippen LogP contribution in [0.2, 0.25) is 0 Å². The van der Waals surface area contributed by atoms with Crippen molar-refractivity contribution < 1.29 is 17.5 Å². The number of nitrogens with zero attached hydrogens (tertiary/aromatic N) is 2. The molecule has 1 aliphatic rings. The first-order valence-corrected chi connectivity index (χ1v) is 10.3. The van der Waals surface area contributed by atoms with E-state index < -0.39 is 10.0 Å². The largest absolute Gasteiger partial charge is 0.367 e. The molecule has 0 saturated carbocycles. The zero-order valence-corrected chi connectivity index (χ0v) is 19.0. The number of guanidine groups is 1. The highest BCUT2D eigenvalue weighted by molar-refractivity contribution is 14.0. The van der Waals surface area contributed by atoms with Crippen LogP contribution in [0.1, 0.15) is 25.5 Å². The molecule has 0 amide bonds. The molecular formula is C17H28FIN4O3S. The van der Waals surface area contributed by atoms with Crippen LogP contribution < -0.4 is 10.0 Å². The Morgan fingerprint density at radius 3 is 2.56 bits per heavy atom. The van der Waals surface area contributed by atoms with Gasteiger partial charge in [0.05, 0.1) is 18.4 Å². The SMILES string of the molecule is CCS(=O)(=O)NCCNC(=NC)N1CC(C)OC(c2ccc(F)cc2)C1.I. The fourth-order valence-corrected chi connectivity index (χ4v) is 3.42. The van der Waals surface area contributed by atoms with Crippen LogP contribution >= 0.6 is 24.0 Å². The summed E-state index contributed by atoms with van der Waals surface area (Å²) in [6.45, 7) is 5.54. The van der Waals surface area contributed by atoms with Gasteiger partial charge in [-0.25, -0.2) is 17.5 Å². The summed E-state index contributed by atoms with van der Waals surface area (Å²) in [5.41, 5.74) is 0.911. The minimum absolute atomic E-state index is 0. The average molecular weight is 514 g/mol. The van der Waals surface area contributed by atoms with Crippen LogP contribution in [-0.2, 0) is 14.8 Å². The Labute approximate surface area is 177 Å². The second-order valence-electron chi connectivity index (χ2n) is 6.16. The van der Waals surface area contributed by atoms with Crippen LogP contribution in [-0.4, -0.2) is 64.4 Å². The van der Waals surface area contributed by atoms with Gasteiger partial charge in [-0.2, -0.15) is 0 Å². The molecule has 1 heterocycles. The van der Waals surface area contributed by atoms with E-state index in [1.807, 2.05) is 6.92 Å². The third kappa shape index (κ3) is 7.51. The molecule has 7 nitrogen and oxygen atoms in total. The molecule has 0 aliphatic carbocycles. The molecule has 10 heteroatoms. The molecule has 0 spiro atoms. The van der Waals surface area contributed by atoms with E-state index in [9.17, 15) is 12.8 Å². The van der Waals surface area contributed by atoms with Crippen molar-refractivity contribution in [1.29, 1.82) is 0 Å². The number of hydrogen-bond donors (Lipinski definition) is 2. The third-order valence-corrected chi connectivity index (χ3v) is 5.53. The number of nitrogens with one attached hydrogen (secondary N) is 2. The van der Waals surface area contributed by atoms with Crippen LogP contribution in [0.5, 0.6) is 0 Å². The number of rotatable bonds is 6. The summed E-state index contributed by atoms with van der Waals surface area (Å²) in [5.74, 6) is 0.464. The summed E-state index contributed by atoms with van der Waals surface area (Å²) in [4.78, 5) is 6.35. The zero-order valence-electron chi connectivity index (χ0n) is 15.8. The number of sulfonamides is 1. The van der Waals surface area contributed by atoms with Gasteiger partial charge in [0.2, 0.25) is 10.0 Å². The van der Waals surface area contributed by atoms with Gasteiger partial charge in [0.1, 0.15) is 11.9 Å². The number of benzene rings is 1. The minimum atomic E-state index is -3.20. The molecule has 1 aromatic carbocycles. The van der Waals surface area contributed by atoms with Gasteiger partial charge in [0.25, 0.3) is 0 Å². The first kappa shape index (κ1) is 24.1. The topological polar surface area (TPSA) is 83.0 Å². The summed E-state index contributed by atoms with van der Waals surface area (Å²) in [6, 6.07) is 6.31. The maximum Gasteiger partial charge on any atom is 0.211 e. The quantitative estimate of drug-likeness (QED) is 0.262. The van der Waals surface area contributed by atoms with E-state index in [1.165, 1.54) is 12.1 Å². The van der Waals surface area contributed by atoms with E-state index in [4.69, 9.17) is 4.74 Å². The van der Waals surface area contributed by atoms with Gasteiger partial charge in [-0.15, -0.1) is 24.0 Å². The smallest absolute Gasteiger partial charge is 0.211 e. The van der Waals surface area contributed by atoms with E-state index >= 15 is 0 Å². The number of ether oxygens (including phenoxy) is 1. The monoisotopic (exact) mass is 514 g/mol. The van der Waals surface area contributed by atoms with Crippen molar-refractivity contribution in [2.45, 2.75) is 26.1 Å². The maximum absolute atomic E-state index is 13.1. The molecule has 27 heavy (non-hydrogen) atoms. The standard InChI is InChI=1S/C17H27FN4O3S.HI/c1-4-26(23,24)21-10-9-20-17(19-3)22-11-13(2)25-16(12-22)14-5-7-15(18)8-6-14;/h5-8,13,16,21H,4,9-12H2,1-3H3,(H,19,20);1H. The summed E-state index contributed by atoms with van der Waals surface area (Å²) >= 11 is 0. The Hall–Kier alpha value is -0.980. The number of aliphatic imine (C=N–C) groups is 1. The first-order valence-electron chi connectivity index (χ1n) is 8.68. The normalized spacial score (nSPS) is 20.9. The first-order chi connectivity index (χ1) is 12.3. The lowest BCUT2D eigenvalue weighted by Gasteiger charge is -2.38. The number of hydrogen-bond acceptors (Lipinski definition) is 4. The fraction of sp³-hybridized carbons (Fsp3) is 0.588. The van der Waals surface area contributed by atoms with E-state index in [0.29, 0.717) is 25.6 Å². The zero-order chi connectivity index (χ0) is 19.2. The third-order valence-electron chi connectivity index (χ3n) is 4.12. The lowest BCUT2D eigenvalue weighted by molar-refractivity contribution is -0.0604. The number of morpholine rings is 1. The summed E-state index contributed by atoms with van der Waals surface area (Å²) < 4.78 is 44.6. The predicted octanol–water partition coefficient (Wildman–Crippen LogP) is 1.72. The highest BCUT2D eigenvalue weighted by atomic mass is 127. The van der Waals surface area contributed by atoms with Crippen molar-refractivity contribution in [1.82, 2.24) is 14.9 Å². The van der Waals surface area contributed by atoms with Gasteiger partial charge in [-0.05, 0) is 31.5 Å². The van der Waals surface area contributed by atoms with Gasteiger partial charge in [-0.3, -0.25) is 4.99 Å². The molecule has 1 aliphatic heterocycles. The molecular weight excluding hydrogens is 486 g/mol. The Bertz CT molecular complexity index is 715. The van der Waals surface area contributed by atoms with Gasteiger partial charge in [0.15, 0.2) is 5.96 Å². The molecule has 2 unspecified atom stereocenters. The van der Waals surface area contributed by atoms with Crippen LogP contribution in [0.15, 0.2) is 29.3 Å². The Morgan fingerprint density at radius 2 is 1.96 bits per heavy atom. The number of halogens is 2. The van der Waals surface area contributed by atoms with Crippen molar-refractivity contribution in [2.24, 2.45) is 4.99 Å². The van der Waals surface area contributed by atoms with E-state index in [1.54, 1.807) is 26.1 Å². The van der Waals surface area contributed by atoms with Crippen LogP contribution in [0.3, 0.4) is 0 Å². The predicted molar refractivity (Wildman–Crippen MR) is 116 cm³/mol.